The highest BCUT2D eigenvalue weighted by Crippen LogP contribution is 2.34. The van der Waals surface area contributed by atoms with Gasteiger partial charge in [0, 0.05) is 0 Å². The number of aliphatic hydroxyl groups is 1. The van der Waals surface area contributed by atoms with E-state index >= 15 is 0 Å². The highest BCUT2D eigenvalue weighted by molar-refractivity contribution is 5.17. The van der Waals surface area contributed by atoms with E-state index in [1.165, 1.54) is 0 Å². The Kier molecular flexibility index (Phi) is 1.39. The fourth-order valence-electron chi connectivity index (χ4n) is 1.43. The van der Waals surface area contributed by atoms with Crippen molar-refractivity contribution < 1.29 is 5.11 Å². The Balaban J connectivity index is 2.74. The summed E-state index contributed by atoms with van der Waals surface area (Å²) in [6.07, 6.45) is 2.86. The molecule has 0 saturated carbocycles. The highest BCUT2D eigenvalue weighted by atomic mass is 16.3. The monoisotopic (exact) mass is 126 g/mol. The van der Waals surface area contributed by atoms with Crippen LogP contribution in [0.3, 0.4) is 0 Å². The summed E-state index contributed by atoms with van der Waals surface area (Å²) in [6, 6.07) is 0. The summed E-state index contributed by atoms with van der Waals surface area (Å²) in [5.41, 5.74) is 1.35. The van der Waals surface area contributed by atoms with Crippen molar-refractivity contribution in [1.82, 2.24) is 0 Å². The minimum atomic E-state index is -0.181. The first-order valence-corrected chi connectivity index (χ1v) is 3.39. The third-order valence-electron chi connectivity index (χ3n) is 1.86. The first kappa shape index (κ1) is 6.81. The molecule has 0 heterocycles. The summed E-state index contributed by atoms with van der Waals surface area (Å²) in [4.78, 5) is 0. The van der Waals surface area contributed by atoms with Crippen molar-refractivity contribution in [3.63, 3.8) is 0 Å². The second-order valence-electron chi connectivity index (χ2n) is 3.60. The Bertz CT molecular complexity index is 145. The normalized spacial score (nSPS) is 32.4. The van der Waals surface area contributed by atoms with Gasteiger partial charge in [-0.15, -0.1) is 0 Å². The lowest BCUT2D eigenvalue weighted by Crippen LogP contribution is -2.09. The summed E-state index contributed by atoms with van der Waals surface area (Å²) < 4.78 is 0. The van der Waals surface area contributed by atoms with E-state index in [2.05, 4.69) is 19.9 Å². The van der Waals surface area contributed by atoms with E-state index < -0.39 is 0 Å². The summed E-state index contributed by atoms with van der Waals surface area (Å²) in [7, 11) is 0. The van der Waals surface area contributed by atoms with Crippen molar-refractivity contribution in [3.05, 3.63) is 11.6 Å². The van der Waals surface area contributed by atoms with Gasteiger partial charge in [0.05, 0.1) is 6.10 Å². The van der Waals surface area contributed by atoms with Crippen LogP contribution in [0.5, 0.6) is 0 Å². The Hall–Kier alpha value is -0.300. The van der Waals surface area contributed by atoms with Crippen LogP contribution in [0.15, 0.2) is 11.6 Å². The molecule has 0 aromatic carbocycles. The van der Waals surface area contributed by atoms with Crippen molar-refractivity contribution in [2.75, 3.05) is 0 Å². The molecule has 0 aromatic rings. The van der Waals surface area contributed by atoms with Crippen molar-refractivity contribution in [2.45, 2.75) is 33.3 Å². The van der Waals surface area contributed by atoms with Gasteiger partial charge in [0.1, 0.15) is 0 Å². The molecule has 1 aliphatic carbocycles. The lowest BCUT2D eigenvalue weighted by molar-refractivity contribution is 0.183. The zero-order valence-electron chi connectivity index (χ0n) is 6.31. The van der Waals surface area contributed by atoms with E-state index in [1.54, 1.807) is 0 Å². The van der Waals surface area contributed by atoms with E-state index in [0.29, 0.717) is 0 Å². The number of aliphatic hydroxyl groups excluding tert-OH is 1. The molecule has 0 aliphatic heterocycles. The molecule has 1 unspecified atom stereocenters. The Labute approximate surface area is 56.4 Å². The first-order chi connectivity index (χ1) is 4.01. The molecule has 0 spiro atoms. The smallest absolute Gasteiger partial charge is 0.0755 e. The van der Waals surface area contributed by atoms with Crippen molar-refractivity contribution in [3.8, 4) is 0 Å². The summed E-state index contributed by atoms with van der Waals surface area (Å²) in [5, 5.41) is 9.27. The van der Waals surface area contributed by atoms with Crippen LogP contribution in [0, 0.1) is 5.41 Å². The van der Waals surface area contributed by atoms with Gasteiger partial charge in [0.25, 0.3) is 0 Å². The van der Waals surface area contributed by atoms with Gasteiger partial charge in [0.15, 0.2) is 0 Å². The van der Waals surface area contributed by atoms with Gasteiger partial charge in [-0.3, -0.25) is 0 Å². The fourth-order valence-corrected chi connectivity index (χ4v) is 1.43. The Morgan fingerprint density at radius 3 is 2.33 bits per heavy atom. The van der Waals surface area contributed by atoms with Crippen LogP contribution in [-0.4, -0.2) is 11.2 Å². The van der Waals surface area contributed by atoms with Crippen LogP contribution < -0.4 is 0 Å². The Morgan fingerprint density at radius 2 is 2.22 bits per heavy atom. The van der Waals surface area contributed by atoms with Gasteiger partial charge in [-0.25, -0.2) is 0 Å². The molecule has 0 bridgehead atoms. The lowest BCUT2D eigenvalue weighted by Gasteiger charge is -2.13. The third kappa shape index (κ3) is 1.33. The average molecular weight is 126 g/mol. The summed E-state index contributed by atoms with van der Waals surface area (Å²) in [6.45, 7) is 6.28. The van der Waals surface area contributed by atoms with Crippen LogP contribution in [-0.2, 0) is 0 Å². The van der Waals surface area contributed by atoms with Crippen molar-refractivity contribution >= 4 is 0 Å². The standard InChI is InChI=1S/C8H14O/c1-6-4-8(2,3)5-7(6)9/h4,7,9H,5H2,1-3H3. The zero-order chi connectivity index (χ0) is 7.07. The molecule has 0 fully saturated rings. The molecule has 1 rings (SSSR count). The molecule has 1 aliphatic rings. The van der Waals surface area contributed by atoms with Crippen LogP contribution >= 0.6 is 0 Å². The second-order valence-corrected chi connectivity index (χ2v) is 3.60. The van der Waals surface area contributed by atoms with Crippen molar-refractivity contribution in [2.24, 2.45) is 5.41 Å². The molecule has 0 aromatic heterocycles. The molecule has 1 nitrogen and oxygen atoms in total. The summed E-state index contributed by atoms with van der Waals surface area (Å²) in [5.74, 6) is 0. The highest BCUT2D eigenvalue weighted by Gasteiger charge is 2.27. The molecular formula is C8H14O. The third-order valence-corrected chi connectivity index (χ3v) is 1.86. The topological polar surface area (TPSA) is 20.2 Å². The van der Waals surface area contributed by atoms with E-state index in [9.17, 15) is 5.11 Å². The van der Waals surface area contributed by atoms with E-state index in [0.717, 1.165) is 12.0 Å². The van der Waals surface area contributed by atoms with Gasteiger partial charge in [0.2, 0.25) is 0 Å². The van der Waals surface area contributed by atoms with Crippen molar-refractivity contribution in [1.29, 1.82) is 0 Å². The predicted octanol–water partition coefficient (Wildman–Crippen LogP) is 1.72. The van der Waals surface area contributed by atoms with Crippen LogP contribution in [0.4, 0.5) is 0 Å². The van der Waals surface area contributed by atoms with E-state index in [-0.39, 0.29) is 11.5 Å². The van der Waals surface area contributed by atoms with Gasteiger partial charge >= 0.3 is 0 Å². The van der Waals surface area contributed by atoms with Gasteiger partial charge in [-0.05, 0) is 24.3 Å². The van der Waals surface area contributed by atoms with E-state index in [1.807, 2.05) is 6.92 Å². The minimum absolute atomic E-state index is 0.181. The minimum Gasteiger partial charge on any atom is -0.389 e. The van der Waals surface area contributed by atoms with E-state index in [4.69, 9.17) is 0 Å². The van der Waals surface area contributed by atoms with Gasteiger partial charge in [-0.2, -0.15) is 0 Å². The molecule has 9 heavy (non-hydrogen) atoms. The fraction of sp³-hybridized carbons (Fsp3) is 0.750. The zero-order valence-corrected chi connectivity index (χ0v) is 6.31. The lowest BCUT2D eigenvalue weighted by atomic mass is 9.93. The molecule has 0 saturated heterocycles. The molecular weight excluding hydrogens is 112 g/mol. The maximum atomic E-state index is 9.27. The molecule has 52 valence electrons. The molecule has 1 N–H and O–H groups in total. The van der Waals surface area contributed by atoms with Crippen LogP contribution in [0.2, 0.25) is 0 Å². The quantitative estimate of drug-likeness (QED) is 0.490. The Morgan fingerprint density at radius 1 is 1.67 bits per heavy atom. The number of rotatable bonds is 0. The second kappa shape index (κ2) is 1.84. The largest absolute Gasteiger partial charge is 0.389 e. The number of hydrogen-bond donors (Lipinski definition) is 1. The first-order valence-electron chi connectivity index (χ1n) is 3.39. The molecule has 1 atom stereocenters. The van der Waals surface area contributed by atoms with Gasteiger partial charge in [-0.1, -0.05) is 19.9 Å². The number of hydrogen-bond acceptors (Lipinski definition) is 1. The summed E-state index contributed by atoms with van der Waals surface area (Å²) >= 11 is 0. The molecule has 0 radical (unpaired) electrons. The predicted molar refractivity (Wildman–Crippen MR) is 38.2 cm³/mol. The van der Waals surface area contributed by atoms with Gasteiger partial charge < -0.3 is 5.11 Å². The molecule has 0 amide bonds. The SMILES string of the molecule is CC1=CC(C)(C)CC1O. The molecule has 1 heteroatoms. The maximum Gasteiger partial charge on any atom is 0.0755 e. The van der Waals surface area contributed by atoms with Crippen LogP contribution in [0.25, 0.3) is 0 Å². The van der Waals surface area contributed by atoms with Crippen LogP contribution in [0.1, 0.15) is 27.2 Å². The maximum absolute atomic E-state index is 9.27. The average Bonchev–Trinajstić information content (AvgIpc) is 1.79. The number of allylic oxidation sites excluding steroid dienone is 1.